The molecule has 0 unspecified atom stereocenters. The minimum atomic E-state index is -0.687. The van der Waals surface area contributed by atoms with E-state index in [-0.39, 0.29) is 24.1 Å². The zero-order valence-corrected chi connectivity index (χ0v) is 11.6. The summed E-state index contributed by atoms with van der Waals surface area (Å²) in [7, 11) is 0. The summed E-state index contributed by atoms with van der Waals surface area (Å²) >= 11 is 0. The van der Waals surface area contributed by atoms with Crippen molar-refractivity contribution in [2.24, 2.45) is 0 Å². The molecule has 0 saturated heterocycles. The highest BCUT2D eigenvalue weighted by atomic mass is 19.1. The summed E-state index contributed by atoms with van der Waals surface area (Å²) < 4.78 is 18.0. The van der Waals surface area contributed by atoms with Gasteiger partial charge in [0, 0.05) is 17.7 Å². The molecule has 1 aromatic rings. The first kappa shape index (κ1) is 15.9. The first-order valence-electron chi connectivity index (χ1n) is 6.41. The first-order valence-corrected chi connectivity index (χ1v) is 6.41. The normalized spacial score (nSPS) is 12.2. The number of carbonyl (C=O) groups excluding carboxylic acids is 2. The van der Waals surface area contributed by atoms with Gasteiger partial charge in [-0.15, -0.1) is 0 Å². The quantitative estimate of drug-likeness (QED) is 0.642. The molecule has 0 spiro atoms. The van der Waals surface area contributed by atoms with Gasteiger partial charge in [0.2, 0.25) is 0 Å². The summed E-state index contributed by atoms with van der Waals surface area (Å²) in [5.74, 6) is -1.47. The SMILES string of the molecule is CC[C@H](C)NC(=O)COC(=O)/C=C/c1ccccc1F. The fourth-order valence-electron chi connectivity index (χ4n) is 1.37. The third-order valence-electron chi connectivity index (χ3n) is 2.67. The van der Waals surface area contributed by atoms with Crippen LogP contribution < -0.4 is 5.32 Å². The van der Waals surface area contributed by atoms with Crippen LogP contribution in [0.15, 0.2) is 30.3 Å². The van der Waals surface area contributed by atoms with E-state index in [9.17, 15) is 14.0 Å². The highest BCUT2D eigenvalue weighted by Gasteiger charge is 2.07. The van der Waals surface area contributed by atoms with Gasteiger partial charge in [0.15, 0.2) is 6.61 Å². The van der Waals surface area contributed by atoms with Crippen LogP contribution in [-0.4, -0.2) is 24.5 Å². The second-order valence-electron chi connectivity index (χ2n) is 4.34. The van der Waals surface area contributed by atoms with Crippen molar-refractivity contribution < 1.29 is 18.7 Å². The van der Waals surface area contributed by atoms with Crippen molar-refractivity contribution in [3.63, 3.8) is 0 Å². The van der Waals surface area contributed by atoms with Crippen molar-refractivity contribution in [2.45, 2.75) is 26.3 Å². The van der Waals surface area contributed by atoms with Crippen LogP contribution in [0.5, 0.6) is 0 Å². The monoisotopic (exact) mass is 279 g/mol. The third kappa shape index (κ3) is 5.65. The first-order chi connectivity index (χ1) is 9.52. The van der Waals surface area contributed by atoms with Gasteiger partial charge in [0.1, 0.15) is 5.82 Å². The number of rotatable bonds is 6. The van der Waals surface area contributed by atoms with Crippen LogP contribution in [0.25, 0.3) is 6.08 Å². The van der Waals surface area contributed by atoms with Crippen molar-refractivity contribution in [1.29, 1.82) is 0 Å². The third-order valence-corrected chi connectivity index (χ3v) is 2.67. The van der Waals surface area contributed by atoms with Crippen LogP contribution in [0.3, 0.4) is 0 Å². The van der Waals surface area contributed by atoms with Gasteiger partial charge in [0.25, 0.3) is 5.91 Å². The molecule has 0 bridgehead atoms. The molecule has 0 aliphatic carbocycles. The standard InChI is InChI=1S/C15H18FNO3/c1-3-11(2)17-14(18)10-20-15(19)9-8-12-6-4-5-7-13(12)16/h4-9,11H,3,10H2,1-2H3,(H,17,18)/b9-8+/t11-/m0/s1. The largest absolute Gasteiger partial charge is 0.452 e. The van der Waals surface area contributed by atoms with Gasteiger partial charge < -0.3 is 10.1 Å². The van der Waals surface area contributed by atoms with E-state index in [1.807, 2.05) is 13.8 Å². The number of nitrogens with one attached hydrogen (secondary N) is 1. The molecule has 0 aromatic heterocycles. The smallest absolute Gasteiger partial charge is 0.331 e. The maximum absolute atomic E-state index is 13.3. The molecular weight excluding hydrogens is 261 g/mol. The minimum Gasteiger partial charge on any atom is -0.452 e. The number of hydrogen-bond donors (Lipinski definition) is 1. The molecule has 1 N–H and O–H groups in total. The van der Waals surface area contributed by atoms with Crippen molar-refractivity contribution >= 4 is 18.0 Å². The van der Waals surface area contributed by atoms with Gasteiger partial charge in [-0.2, -0.15) is 0 Å². The Morgan fingerprint density at radius 1 is 1.40 bits per heavy atom. The van der Waals surface area contributed by atoms with E-state index < -0.39 is 11.8 Å². The molecular formula is C15H18FNO3. The highest BCUT2D eigenvalue weighted by molar-refractivity contribution is 5.89. The highest BCUT2D eigenvalue weighted by Crippen LogP contribution is 2.08. The van der Waals surface area contributed by atoms with E-state index in [1.54, 1.807) is 12.1 Å². The van der Waals surface area contributed by atoms with Gasteiger partial charge >= 0.3 is 5.97 Å². The lowest BCUT2D eigenvalue weighted by atomic mass is 10.2. The van der Waals surface area contributed by atoms with E-state index in [1.165, 1.54) is 18.2 Å². The van der Waals surface area contributed by atoms with Gasteiger partial charge in [-0.25, -0.2) is 9.18 Å². The Morgan fingerprint density at radius 2 is 2.10 bits per heavy atom. The number of halogens is 1. The topological polar surface area (TPSA) is 55.4 Å². The maximum atomic E-state index is 13.3. The predicted molar refractivity (Wildman–Crippen MR) is 74.3 cm³/mol. The van der Waals surface area contributed by atoms with Gasteiger partial charge in [-0.3, -0.25) is 4.79 Å². The molecule has 108 valence electrons. The summed E-state index contributed by atoms with van der Waals surface area (Å²) in [5, 5.41) is 2.67. The average molecular weight is 279 g/mol. The number of esters is 1. The summed E-state index contributed by atoms with van der Waals surface area (Å²) in [4.78, 5) is 22.7. The molecule has 1 amide bonds. The predicted octanol–water partition coefficient (Wildman–Crippen LogP) is 2.30. The van der Waals surface area contributed by atoms with Gasteiger partial charge in [-0.1, -0.05) is 25.1 Å². The maximum Gasteiger partial charge on any atom is 0.331 e. The Labute approximate surface area is 117 Å². The van der Waals surface area contributed by atoms with Crippen molar-refractivity contribution in [2.75, 3.05) is 6.61 Å². The Morgan fingerprint density at radius 3 is 2.75 bits per heavy atom. The molecule has 0 aliphatic rings. The lowest BCUT2D eigenvalue weighted by molar-refractivity contribution is -0.144. The van der Waals surface area contributed by atoms with E-state index in [2.05, 4.69) is 5.32 Å². The van der Waals surface area contributed by atoms with E-state index in [0.717, 1.165) is 12.5 Å². The molecule has 1 aromatic carbocycles. The molecule has 5 heteroatoms. The summed E-state index contributed by atoms with van der Waals surface area (Å²) in [6.45, 7) is 3.46. The number of benzene rings is 1. The number of carbonyl (C=O) groups is 2. The molecule has 20 heavy (non-hydrogen) atoms. The van der Waals surface area contributed by atoms with Crippen LogP contribution >= 0.6 is 0 Å². The lowest BCUT2D eigenvalue weighted by Gasteiger charge is -2.10. The van der Waals surface area contributed by atoms with Crippen LogP contribution in [0.2, 0.25) is 0 Å². The van der Waals surface area contributed by atoms with Crippen molar-refractivity contribution in [3.05, 3.63) is 41.7 Å². The van der Waals surface area contributed by atoms with E-state index >= 15 is 0 Å². The van der Waals surface area contributed by atoms with Gasteiger partial charge in [0.05, 0.1) is 0 Å². The number of amides is 1. The molecule has 0 radical (unpaired) electrons. The summed E-state index contributed by atoms with van der Waals surface area (Å²) in [6.07, 6.45) is 3.20. The van der Waals surface area contributed by atoms with E-state index in [0.29, 0.717) is 0 Å². The molecule has 0 aliphatic heterocycles. The van der Waals surface area contributed by atoms with Gasteiger partial charge in [-0.05, 0) is 25.5 Å². The fraction of sp³-hybridized carbons (Fsp3) is 0.333. The zero-order chi connectivity index (χ0) is 15.0. The number of hydrogen-bond acceptors (Lipinski definition) is 3. The average Bonchev–Trinajstić information content (AvgIpc) is 2.44. The van der Waals surface area contributed by atoms with Crippen molar-refractivity contribution in [3.8, 4) is 0 Å². The second-order valence-corrected chi connectivity index (χ2v) is 4.34. The number of ether oxygens (including phenoxy) is 1. The summed E-state index contributed by atoms with van der Waals surface area (Å²) in [6, 6.07) is 6.09. The molecule has 0 fully saturated rings. The second kappa shape index (κ2) is 8.09. The van der Waals surface area contributed by atoms with Crippen LogP contribution in [0.4, 0.5) is 4.39 Å². The van der Waals surface area contributed by atoms with Crippen LogP contribution in [-0.2, 0) is 14.3 Å². The Kier molecular flexibility index (Phi) is 6.43. The fourth-order valence-corrected chi connectivity index (χ4v) is 1.37. The zero-order valence-electron chi connectivity index (χ0n) is 11.6. The van der Waals surface area contributed by atoms with Crippen molar-refractivity contribution in [1.82, 2.24) is 5.32 Å². The Hall–Kier alpha value is -2.17. The Balaban J connectivity index is 2.41. The lowest BCUT2D eigenvalue weighted by Crippen LogP contribution is -2.35. The van der Waals surface area contributed by atoms with E-state index in [4.69, 9.17) is 4.74 Å². The minimum absolute atomic E-state index is 0.0372. The van der Waals surface area contributed by atoms with Crippen LogP contribution in [0.1, 0.15) is 25.8 Å². The molecule has 0 saturated carbocycles. The van der Waals surface area contributed by atoms with Crippen LogP contribution in [0, 0.1) is 5.82 Å². The summed E-state index contributed by atoms with van der Waals surface area (Å²) in [5.41, 5.74) is 0.286. The molecule has 1 atom stereocenters. The molecule has 1 rings (SSSR count). The molecule has 0 heterocycles. The Bertz CT molecular complexity index is 500. The molecule has 4 nitrogen and oxygen atoms in total.